The van der Waals surface area contributed by atoms with Crippen LogP contribution in [0.5, 0.6) is 0 Å². The molecule has 4 bridgehead atoms. The molecule has 0 aromatic heterocycles. The first-order valence-electron chi connectivity index (χ1n) is 19.2. The van der Waals surface area contributed by atoms with Crippen LogP contribution in [0.3, 0.4) is 0 Å². The molecule has 2 spiro atoms. The van der Waals surface area contributed by atoms with Crippen molar-refractivity contribution in [3.63, 3.8) is 0 Å². The van der Waals surface area contributed by atoms with Crippen LogP contribution in [0.2, 0.25) is 0 Å². The lowest BCUT2D eigenvalue weighted by molar-refractivity contribution is -0.390. The number of rotatable bonds is 5. The van der Waals surface area contributed by atoms with E-state index in [-0.39, 0.29) is 15.7 Å². The molecule has 4 N–H and O–H groups in total. The van der Waals surface area contributed by atoms with Gasteiger partial charge in [-0.2, -0.15) is 26.6 Å². The molecule has 0 atom stereocenters. The summed E-state index contributed by atoms with van der Waals surface area (Å²) in [5, 5.41) is 0. The first-order chi connectivity index (χ1) is 25.2. The molecule has 300 valence electrons. The lowest BCUT2D eigenvalue weighted by atomic mass is 9.53. The Kier molecular flexibility index (Phi) is 12.1. The maximum atomic E-state index is 12.4. The maximum Gasteiger partial charge on any atom is 0.294 e. The second-order valence-corrected chi connectivity index (χ2v) is 19.9. The minimum Gasteiger partial charge on any atom is -0.339 e. The third-order valence-electron chi connectivity index (χ3n) is 12.2. The van der Waals surface area contributed by atoms with Crippen LogP contribution in [0, 0.1) is 43.4 Å². The molecule has 2 aromatic rings. The highest BCUT2D eigenvalue weighted by atomic mass is 32.2. The molecule has 0 unspecified atom stereocenters. The topological polar surface area (TPSA) is 186 Å². The van der Waals surface area contributed by atoms with E-state index in [1.54, 1.807) is 38.1 Å². The number of piperazine rings is 1. The molecule has 2 aromatic carbocycles. The fourth-order valence-corrected chi connectivity index (χ4v) is 10.4. The van der Waals surface area contributed by atoms with E-state index in [1.807, 2.05) is 18.7 Å². The quantitative estimate of drug-likeness (QED) is 0.260. The van der Waals surface area contributed by atoms with E-state index in [2.05, 4.69) is 4.90 Å². The SMILES string of the molecule is CC(C)(N)C(=O)N1CCN(CC2CCC3(CC2)OOC2(O3)C3CC4CC(C3)CC2C4)CC1.Cc1ccc(S(=O)(=O)O)cc1.Cc1ccc(S(=O)(=O)O)cc1. The molecule has 1 amide bonds. The molecule has 13 nitrogen and oxygen atoms in total. The minimum absolute atomic E-state index is 0.0611. The van der Waals surface area contributed by atoms with E-state index in [0.717, 1.165) is 81.4 Å². The van der Waals surface area contributed by atoms with Gasteiger partial charge in [0, 0.05) is 57.4 Å². The van der Waals surface area contributed by atoms with Gasteiger partial charge in [0.1, 0.15) is 0 Å². The smallest absolute Gasteiger partial charge is 0.294 e. The highest BCUT2D eigenvalue weighted by Gasteiger charge is 2.66. The van der Waals surface area contributed by atoms with E-state index in [0.29, 0.717) is 17.8 Å². The molecule has 2 aliphatic heterocycles. The van der Waals surface area contributed by atoms with Gasteiger partial charge in [-0.25, -0.2) is 0 Å². The van der Waals surface area contributed by atoms with E-state index in [4.69, 9.17) is 29.4 Å². The van der Waals surface area contributed by atoms with Crippen molar-refractivity contribution in [3.05, 3.63) is 59.7 Å². The monoisotopic (exact) mass is 791 g/mol. The molecular weight excluding hydrogens is 735 g/mol. The average molecular weight is 792 g/mol. The molecule has 54 heavy (non-hydrogen) atoms. The molecule has 7 aliphatic rings. The van der Waals surface area contributed by atoms with Gasteiger partial charge in [-0.3, -0.25) is 18.8 Å². The second kappa shape index (κ2) is 15.8. The first kappa shape index (κ1) is 41.2. The van der Waals surface area contributed by atoms with Gasteiger partial charge < -0.3 is 15.4 Å². The molecule has 2 heterocycles. The van der Waals surface area contributed by atoms with Gasteiger partial charge in [0.2, 0.25) is 17.5 Å². The van der Waals surface area contributed by atoms with Crippen LogP contribution in [0.1, 0.15) is 82.8 Å². The lowest BCUT2D eigenvalue weighted by Crippen LogP contribution is -2.59. The third kappa shape index (κ3) is 9.55. The van der Waals surface area contributed by atoms with Crippen molar-refractivity contribution in [1.29, 1.82) is 0 Å². The predicted molar refractivity (Wildman–Crippen MR) is 201 cm³/mol. The van der Waals surface area contributed by atoms with Crippen molar-refractivity contribution >= 4 is 26.1 Å². The van der Waals surface area contributed by atoms with Crippen LogP contribution in [0.4, 0.5) is 0 Å². The summed E-state index contributed by atoms with van der Waals surface area (Å²) < 4.78 is 66.0. The maximum absolute atomic E-state index is 12.4. The number of benzene rings is 2. The molecule has 0 radical (unpaired) electrons. The van der Waals surface area contributed by atoms with Gasteiger partial charge in [-0.05, 0) is 115 Å². The summed E-state index contributed by atoms with van der Waals surface area (Å²) in [4.78, 5) is 29.0. The molecule has 2 saturated heterocycles. The van der Waals surface area contributed by atoms with E-state index in [9.17, 15) is 21.6 Å². The first-order valence-corrected chi connectivity index (χ1v) is 22.1. The van der Waals surface area contributed by atoms with Gasteiger partial charge >= 0.3 is 0 Å². The fraction of sp³-hybridized carbons (Fsp3) is 0.667. The van der Waals surface area contributed by atoms with E-state index in [1.165, 1.54) is 56.4 Å². The molecular formula is C39H57N3O10S2. The average Bonchev–Trinajstić information content (AvgIpc) is 3.47. The number of hydrogen-bond acceptors (Lipinski definition) is 10. The number of ether oxygens (including phenoxy) is 1. The lowest BCUT2D eigenvalue weighted by Gasteiger charge is -2.57. The number of hydrogen-bond donors (Lipinski definition) is 3. The summed E-state index contributed by atoms with van der Waals surface area (Å²) in [7, 11) is -8.04. The van der Waals surface area contributed by atoms with Gasteiger partial charge in [0.15, 0.2) is 0 Å². The molecule has 7 fully saturated rings. The predicted octanol–water partition coefficient (Wildman–Crippen LogP) is 5.37. The molecule has 5 saturated carbocycles. The summed E-state index contributed by atoms with van der Waals surface area (Å²) >= 11 is 0. The zero-order chi connectivity index (χ0) is 39.1. The van der Waals surface area contributed by atoms with Crippen LogP contribution >= 0.6 is 0 Å². The third-order valence-corrected chi connectivity index (χ3v) is 13.9. The van der Waals surface area contributed by atoms with Crippen LogP contribution in [-0.2, 0) is 39.5 Å². The Hall–Kier alpha value is -2.47. The summed E-state index contributed by atoms with van der Waals surface area (Å²) in [5.41, 5.74) is 7.13. The normalized spacial score (nSPS) is 32.2. The standard InChI is InChI=1S/C25H41N3O4.2C7H8O3S/c1-23(2,26)22(29)28-9-7-27(8-10-28)16-17-3-5-24(6-4-17)30-25(32-31-24)20-12-18-11-19(14-20)15-21(25)13-18;2*1-6-2-4-7(5-3-6)11(8,9)10/h17-21H,3-16,26H2,1-2H3;2*2-5H,1H3,(H,8,9,10). The number of nitrogens with zero attached hydrogens (tertiary/aromatic N) is 2. The summed E-state index contributed by atoms with van der Waals surface area (Å²) in [6.07, 6.45) is 10.6. The molecule has 9 rings (SSSR count). The van der Waals surface area contributed by atoms with Crippen molar-refractivity contribution in [3.8, 4) is 0 Å². The zero-order valence-corrected chi connectivity index (χ0v) is 33.5. The van der Waals surface area contributed by atoms with Crippen molar-refractivity contribution in [1.82, 2.24) is 9.80 Å². The Morgan fingerprint density at radius 2 is 1.20 bits per heavy atom. The van der Waals surface area contributed by atoms with Crippen LogP contribution in [0.25, 0.3) is 0 Å². The number of aryl methyl sites for hydroxylation is 2. The van der Waals surface area contributed by atoms with E-state index < -0.39 is 37.3 Å². The largest absolute Gasteiger partial charge is 0.339 e. The van der Waals surface area contributed by atoms with Crippen molar-refractivity contribution in [2.75, 3.05) is 32.7 Å². The number of carbonyl (C=O) groups excluding carboxylic acids is 1. The molecule has 5 aliphatic carbocycles. The van der Waals surface area contributed by atoms with Crippen molar-refractivity contribution in [2.45, 2.75) is 112 Å². The van der Waals surface area contributed by atoms with Gasteiger partial charge in [0.25, 0.3) is 20.2 Å². The molecule has 15 heteroatoms. The van der Waals surface area contributed by atoms with Crippen LogP contribution in [-0.4, -0.2) is 91.5 Å². The van der Waals surface area contributed by atoms with Gasteiger partial charge in [0.05, 0.1) is 15.3 Å². The summed E-state index contributed by atoms with van der Waals surface area (Å²) in [6.45, 7) is 11.8. The minimum atomic E-state index is -4.02. The Balaban J connectivity index is 0.000000185. The summed E-state index contributed by atoms with van der Waals surface area (Å²) in [6, 6.07) is 12.0. The Bertz CT molecular complexity index is 1730. The Morgan fingerprint density at radius 1 is 0.759 bits per heavy atom. The number of amides is 1. The van der Waals surface area contributed by atoms with Gasteiger partial charge in [-0.1, -0.05) is 35.4 Å². The Labute approximate surface area is 320 Å². The summed E-state index contributed by atoms with van der Waals surface area (Å²) in [5.74, 6) is 2.64. The Morgan fingerprint density at radius 3 is 1.61 bits per heavy atom. The second-order valence-electron chi connectivity index (χ2n) is 17.0. The van der Waals surface area contributed by atoms with Crippen molar-refractivity contribution < 1.29 is 45.2 Å². The van der Waals surface area contributed by atoms with Crippen LogP contribution in [0.15, 0.2) is 58.3 Å². The fourth-order valence-electron chi connectivity index (χ4n) is 9.42. The number of carbonyl (C=O) groups is 1. The van der Waals surface area contributed by atoms with Crippen molar-refractivity contribution in [2.24, 2.45) is 35.3 Å². The highest BCUT2D eigenvalue weighted by molar-refractivity contribution is 7.86. The van der Waals surface area contributed by atoms with E-state index >= 15 is 0 Å². The highest BCUT2D eigenvalue weighted by Crippen LogP contribution is 2.63. The van der Waals surface area contributed by atoms with Gasteiger partial charge in [-0.15, -0.1) is 0 Å². The number of nitrogens with two attached hydrogens (primary N) is 1. The zero-order valence-electron chi connectivity index (χ0n) is 31.9. The van der Waals surface area contributed by atoms with Crippen LogP contribution < -0.4 is 5.73 Å².